The van der Waals surface area contributed by atoms with E-state index in [4.69, 9.17) is 18.9 Å². The van der Waals surface area contributed by atoms with E-state index in [1.165, 1.54) is 0 Å². The molecule has 0 saturated heterocycles. The van der Waals surface area contributed by atoms with Gasteiger partial charge in [0.05, 0.1) is 26.4 Å². The predicted octanol–water partition coefficient (Wildman–Crippen LogP) is 2.68. The number of nitrogens with zero attached hydrogens (tertiary/aromatic N) is 1. The van der Waals surface area contributed by atoms with Crippen LogP contribution in [0.4, 0.5) is 0 Å². The number of benzene rings is 2. The molecule has 0 unspecified atom stereocenters. The van der Waals surface area contributed by atoms with Crippen LogP contribution in [0.1, 0.15) is 28.8 Å². The molecule has 136 valence electrons. The Hall–Kier alpha value is -2.44. The highest BCUT2D eigenvalue weighted by atomic mass is 16.7. The van der Waals surface area contributed by atoms with E-state index < -0.39 is 6.10 Å². The maximum Gasteiger partial charge on any atom is 0.231 e. The summed E-state index contributed by atoms with van der Waals surface area (Å²) < 4.78 is 22.7. The van der Waals surface area contributed by atoms with E-state index in [1.54, 1.807) is 14.2 Å². The van der Waals surface area contributed by atoms with Gasteiger partial charge < -0.3 is 24.1 Å². The normalized spacial score (nSPS) is 22.6. The molecule has 2 aromatic carbocycles. The van der Waals surface area contributed by atoms with Crippen molar-refractivity contribution in [1.29, 1.82) is 0 Å². The van der Waals surface area contributed by atoms with Crippen LogP contribution in [0.5, 0.6) is 23.0 Å². The number of rotatable bonds is 2. The van der Waals surface area contributed by atoms with Crippen molar-refractivity contribution < 1.29 is 24.1 Å². The lowest BCUT2D eigenvalue weighted by atomic mass is 9.74. The first kappa shape index (κ1) is 15.8. The van der Waals surface area contributed by atoms with Crippen LogP contribution in [-0.2, 0) is 6.42 Å². The monoisotopic (exact) mass is 355 g/mol. The van der Waals surface area contributed by atoms with Gasteiger partial charge in [-0.3, -0.25) is 4.90 Å². The second-order valence-electron chi connectivity index (χ2n) is 6.94. The third kappa shape index (κ3) is 1.88. The Morgan fingerprint density at radius 3 is 2.73 bits per heavy atom. The van der Waals surface area contributed by atoms with Crippen molar-refractivity contribution in [1.82, 2.24) is 4.90 Å². The Morgan fingerprint density at radius 2 is 1.96 bits per heavy atom. The highest BCUT2D eigenvalue weighted by Gasteiger charge is 2.44. The molecule has 0 aromatic heterocycles. The molecule has 6 heteroatoms. The fourth-order valence-corrected chi connectivity index (χ4v) is 4.58. The number of aliphatic hydroxyl groups excluding tert-OH is 1. The minimum Gasteiger partial charge on any atom is -0.497 e. The molecule has 2 aromatic rings. The number of likely N-dealkylation sites (N-methyl/N-ethyl adjacent to an activating group) is 1. The molecule has 0 spiro atoms. The fraction of sp³-hybridized carbons (Fsp3) is 0.400. The molecule has 26 heavy (non-hydrogen) atoms. The van der Waals surface area contributed by atoms with E-state index in [0.717, 1.165) is 52.3 Å². The van der Waals surface area contributed by atoms with Crippen LogP contribution in [0.15, 0.2) is 18.2 Å². The lowest BCUT2D eigenvalue weighted by molar-refractivity contribution is 0.0538. The average molecular weight is 355 g/mol. The molecule has 0 amide bonds. The van der Waals surface area contributed by atoms with Crippen LogP contribution < -0.4 is 18.9 Å². The SMILES string of the molecule is COc1ccc2c(c1)[C@H](O)[C@@H]1c3c(c(OC)c4c(c3-2)OCO4)CCN1C. The van der Waals surface area contributed by atoms with Crippen LogP contribution in [0.3, 0.4) is 0 Å². The Balaban J connectivity index is 1.89. The van der Waals surface area contributed by atoms with Gasteiger partial charge in [-0.25, -0.2) is 0 Å². The minimum absolute atomic E-state index is 0.156. The number of fused-ring (bicyclic) bond motifs is 4. The highest BCUT2D eigenvalue weighted by molar-refractivity contribution is 5.87. The summed E-state index contributed by atoms with van der Waals surface area (Å²) in [5, 5.41) is 11.2. The molecule has 0 fully saturated rings. The van der Waals surface area contributed by atoms with Gasteiger partial charge in [-0.1, -0.05) is 6.07 Å². The van der Waals surface area contributed by atoms with Gasteiger partial charge in [0.1, 0.15) is 5.75 Å². The van der Waals surface area contributed by atoms with Crippen molar-refractivity contribution in [2.75, 3.05) is 34.6 Å². The Bertz CT molecular complexity index is 910. The van der Waals surface area contributed by atoms with Crippen molar-refractivity contribution >= 4 is 0 Å². The van der Waals surface area contributed by atoms with Gasteiger partial charge in [-0.15, -0.1) is 0 Å². The van der Waals surface area contributed by atoms with Gasteiger partial charge in [0.15, 0.2) is 11.5 Å². The van der Waals surface area contributed by atoms with E-state index in [0.29, 0.717) is 11.5 Å². The maximum absolute atomic E-state index is 11.2. The molecule has 2 heterocycles. The number of aliphatic hydroxyl groups is 1. The lowest BCUT2D eigenvalue weighted by Gasteiger charge is -2.43. The Kier molecular flexibility index (Phi) is 3.36. The topological polar surface area (TPSA) is 60.4 Å². The molecule has 3 aliphatic rings. The van der Waals surface area contributed by atoms with E-state index in [2.05, 4.69) is 4.90 Å². The summed E-state index contributed by atoms with van der Waals surface area (Å²) in [4.78, 5) is 2.19. The minimum atomic E-state index is -0.651. The third-order valence-corrected chi connectivity index (χ3v) is 5.75. The molecule has 1 N–H and O–H groups in total. The molecule has 1 aliphatic carbocycles. The van der Waals surface area contributed by atoms with Crippen molar-refractivity contribution in [3.8, 4) is 34.1 Å². The number of methoxy groups -OCH3 is 2. The van der Waals surface area contributed by atoms with Gasteiger partial charge in [-0.05, 0) is 42.3 Å². The smallest absolute Gasteiger partial charge is 0.231 e. The Morgan fingerprint density at radius 1 is 1.15 bits per heavy atom. The summed E-state index contributed by atoms with van der Waals surface area (Å²) in [6, 6.07) is 5.66. The zero-order valence-corrected chi connectivity index (χ0v) is 15.0. The summed E-state index contributed by atoms with van der Waals surface area (Å²) in [6.45, 7) is 1.01. The molecule has 0 bridgehead atoms. The van der Waals surface area contributed by atoms with E-state index in [9.17, 15) is 5.11 Å². The molecule has 6 nitrogen and oxygen atoms in total. The summed E-state index contributed by atoms with van der Waals surface area (Å²) in [6.07, 6.45) is 0.189. The third-order valence-electron chi connectivity index (χ3n) is 5.75. The van der Waals surface area contributed by atoms with Crippen molar-refractivity contribution in [2.45, 2.75) is 18.6 Å². The summed E-state index contributed by atoms with van der Waals surface area (Å²) >= 11 is 0. The van der Waals surface area contributed by atoms with Crippen molar-refractivity contribution in [3.05, 3.63) is 34.9 Å². The number of hydrogen-bond acceptors (Lipinski definition) is 6. The number of ether oxygens (including phenoxy) is 4. The average Bonchev–Trinajstić information content (AvgIpc) is 3.14. The van der Waals surface area contributed by atoms with Crippen LogP contribution >= 0.6 is 0 Å². The second-order valence-corrected chi connectivity index (χ2v) is 6.94. The molecule has 0 saturated carbocycles. The molecule has 2 atom stereocenters. The van der Waals surface area contributed by atoms with Crippen LogP contribution in [0.2, 0.25) is 0 Å². The van der Waals surface area contributed by atoms with Gasteiger partial charge in [0.2, 0.25) is 12.5 Å². The molecule has 2 aliphatic heterocycles. The van der Waals surface area contributed by atoms with E-state index in [1.807, 2.05) is 25.2 Å². The van der Waals surface area contributed by atoms with Gasteiger partial charge >= 0.3 is 0 Å². The quantitative estimate of drug-likeness (QED) is 0.894. The summed E-state index contributed by atoms with van der Waals surface area (Å²) in [7, 11) is 5.34. The molecular weight excluding hydrogens is 334 g/mol. The second kappa shape index (κ2) is 5.53. The zero-order valence-electron chi connectivity index (χ0n) is 15.0. The first-order chi connectivity index (χ1) is 12.7. The van der Waals surface area contributed by atoms with Crippen LogP contribution in [-0.4, -0.2) is 44.6 Å². The van der Waals surface area contributed by atoms with E-state index >= 15 is 0 Å². The highest BCUT2D eigenvalue weighted by Crippen LogP contribution is 2.60. The van der Waals surface area contributed by atoms with Crippen LogP contribution in [0.25, 0.3) is 11.1 Å². The molecular formula is C20H21NO5. The van der Waals surface area contributed by atoms with Crippen molar-refractivity contribution in [2.24, 2.45) is 0 Å². The first-order valence-electron chi connectivity index (χ1n) is 8.74. The van der Waals surface area contributed by atoms with Crippen molar-refractivity contribution in [3.63, 3.8) is 0 Å². The van der Waals surface area contributed by atoms with Crippen LogP contribution in [0, 0.1) is 0 Å². The van der Waals surface area contributed by atoms with Gasteiger partial charge in [0, 0.05) is 17.7 Å². The largest absolute Gasteiger partial charge is 0.497 e. The summed E-state index contributed by atoms with van der Waals surface area (Å²) in [5.41, 5.74) is 5.02. The predicted molar refractivity (Wildman–Crippen MR) is 95.1 cm³/mol. The fourth-order valence-electron chi connectivity index (χ4n) is 4.58. The molecule has 5 rings (SSSR count). The molecule has 0 radical (unpaired) electrons. The first-order valence-corrected chi connectivity index (χ1v) is 8.74. The Labute approximate surface area is 151 Å². The summed E-state index contributed by atoms with van der Waals surface area (Å²) in [5.74, 6) is 2.84. The maximum atomic E-state index is 11.2. The zero-order chi connectivity index (χ0) is 18.0. The lowest BCUT2D eigenvalue weighted by Crippen LogP contribution is -2.38. The van der Waals surface area contributed by atoms with Gasteiger partial charge in [-0.2, -0.15) is 0 Å². The van der Waals surface area contributed by atoms with Gasteiger partial charge in [0.25, 0.3) is 0 Å². The number of hydrogen-bond donors (Lipinski definition) is 1. The van der Waals surface area contributed by atoms with E-state index in [-0.39, 0.29) is 12.8 Å². The standard InChI is InChI=1S/C20H21NO5/c1-21-7-6-12-14-15(19-20(18(12)24-3)26-9-25-19)11-5-4-10(23-2)8-13(11)17(22)16(14)21/h4-5,8,16-17,22H,6-7,9H2,1-3H3/t16-,17-/m0/s1.